The fourth-order valence-electron chi connectivity index (χ4n) is 2.88. The molecule has 1 amide bonds. The van der Waals surface area contributed by atoms with Crippen molar-refractivity contribution in [3.8, 4) is 5.75 Å². The zero-order chi connectivity index (χ0) is 17.7. The van der Waals surface area contributed by atoms with Gasteiger partial charge < -0.3 is 15.2 Å². The fraction of sp³-hybridized carbons (Fsp3) is 0.562. The van der Waals surface area contributed by atoms with Crippen molar-refractivity contribution < 1.29 is 27.8 Å². The Balaban J connectivity index is 1.79. The number of rotatable bonds is 6. The Hall–Kier alpha value is -1.80. The highest BCUT2D eigenvalue weighted by molar-refractivity contribution is 5.92. The van der Waals surface area contributed by atoms with Gasteiger partial charge in [-0.2, -0.15) is 0 Å². The highest BCUT2D eigenvalue weighted by Gasteiger charge is 2.31. The van der Waals surface area contributed by atoms with Crippen LogP contribution in [0.1, 0.15) is 19.3 Å². The van der Waals surface area contributed by atoms with Crippen LogP contribution in [0.5, 0.6) is 5.75 Å². The van der Waals surface area contributed by atoms with Crippen molar-refractivity contribution in [2.45, 2.75) is 31.7 Å². The van der Waals surface area contributed by atoms with E-state index in [1.807, 2.05) is 4.90 Å². The summed E-state index contributed by atoms with van der Waals surface area (Å²) in [5.41, 5.74) is 0.392. The number of carbonyl (C=O) groups excluding carboxylic acids is 1. The molecule has 1 fully saturated rings. The Labute approximate surface area is 138 Å². The molecular formula is C16H21F3N2O3. The van der Waals surface area contributed by atoms with Gasteiger partial charge in [-0.05, 0) is 50.1 Å². The van der Waals surface area contributed by atoms with E-state index in [1.165, 1.54) is 12.1 Å². The minimum absolute atomic E-state index is 0.143. The first-order chi connectivity index (χ1) is 11.2. The smallest absolute Gasteiger partial charge is 0.406 e. The van der Waals surface area contributed by atoms with Gasteiger partial charge in [0, 0.05) is 12.2 Å². The molecule has 0 aromatic heterocycles. The first-order valence-corrected chi connectivity index (χ1v) is 7.75. The number of amides is 1. The number of ether oxygens (including phenoxy) is 1. The van der Waals surface area contributed by atoms with E-state index >= 15 is 0 Å². The van der Waals surface area contributed by atoms with Crippen LogP contribution < -0.4 is 10.1 Å². The van der Waals surface area contributed by atoms with Crippen LogP contribution in [0.4, 0.5) is 18.9 Å². The van der Waals surface area contributed by atoms with Crippen LogP contribution in [0.25, 0.3) is 0 Å². The topological polar surface area (TPSA) is 61.8 Å². The van der Waals surface area contributed by atoms with E-state index in [0.29, 0.717) is 12.2 Å². The maximum Gasteiger partial charge on any atom is 0.573 e. The second-order valence-corrected chi connectivity index (χ2v) is 6.08. The average molecular weight is 346 g/mol. The normalized spacial score (nSPS) is 21.1. The third-order valence-corrected chi connectivity index (χ3v) is 3.95. The second kappa shape index (κ2) is 7.85. The lowest BCUT2D eigenvalue weighted by Gasteiger charge is -2.22. The first kappa shape index (κ1) is 18.5. The van der Waals surface area contributed by atoms with Gasteiger partial charge >= 0.3 is 6.36 Å². The molecule has 24 heavy (non-hydrogen) atoms. The second-order valence-electron chi connectivity index (χ2n) is 6.08. The Morgan fingerprint density at radius 3 is 2.54 bits per heavy atom. The number of hydrogen-bond donors (Lipinski definition) is 2. The van der Waals surface area contributed by atoms with Gasteiger partial charge in [0.25, 0.3) is 0 Å². The average Bonchev–Trinajstić information content (AvgIpc) is 2.84. The molecule has 0 bridgehead atoms. The summed E-state index contributed by atoms with van der Waals surface area (Å²) in [6, 6.07) is 4.98. The minimum atomic E-state index is -4.74. The number of likely N-dealkylation sites (N-methyl/N-ethyl adjacent to an activating group) is 1. The maximum atomic E-state index is 12.1. The Morgan fingerprint density at radius 2 is 2.00 bits per heavy atom. The standard InChI is InChI=1S/C16H21F3N2O3/c1-21(9-11-3-2-4-14(11)22)10-15(23)20-12-5-7-13(8-6-12)24-16(17,18)19/h5-8,11,14,22H,2-4,9-10H2,1H3,(H,20,23). The van der Waals surface area contributed by atoms with Crippen LogP contribution in [0.2, 0.25) is 0 Å². The van der Waals surface area contributed by atoms with Gasteiger partial charge in [-0.1, -0.05) is 6.42 Å². The number of nitrogens with zero attached hydrogens (tertiary/aromatic N) is 1. The summed E-state index contributed by atoms with van der Waals surface area (Å²) in [6.07, 6.45) is -2.29. The fourth-order valence-corrected chi connectivity index (χ4v) is 2.88. The molecule has 5 nitrogen and oxygen atoms in total. The van der Waals surface area contributed by atoms with E-state index < -0.39 is 6.36 Å². The van der Waals surface area contributed by atoms with Crippen LogP contribution in [0.15, 0.2) is 24.3 Å². The number of nitrogens with one attached hydrogen (secondary N) is 1. The lowest BCUT2D eigenvalue weighted by Crippen LogP contribution is -2.35. The van der Waals surface area contributed by atoms with Crippen molar-refractivity contribution in [3.63, 3.8) is 0 Å². The largest absolute Gasteiger partial charge is 0.573 e. The minimum Gasteiger partial charge on any atom is -0.406 e. The molecule has 134 valence electrons. The summed E-state index contributed by atoms with van der Waals surface area (Å²) < 4.78 is 40.0. The van der Waals surface area contributed by atoms with E-state index in [9.17, 15) is 23.1 Å². The van der Waals surface area contributed by atoms with Gasteiger partial charge in [-0.15, -0.1) is 13.2 Å². The maximum absolute atomic E-state index is 12.1. The molecule has 1 aliphatic rings. The molecule has 1 saturated carbocycles. The molecule has 1 aromatic rings. The van der Waals surface area contributed by atoms with E-state index in [0.717, 1.165) is 31.4 Å². The molecule has 0 saturated heterocycles. The molecule has 0 radical (unpaired) electrons. The zero-order valence-corrected chi connectivity index (χ0v) is 13.3. The van der Waals surface area contributed by atoms with E-state index in [1.54, 1.807) is 7.05 Å². The van der Waals surface area contributed by atoms with Crippen LogP contribution in [0.3, 0.4) is 0 Å². The predicted octanol–water partition coefficient (Wildman–Crippen LogP) is 2.62. The summed E-state index contributed by atoms with van der Waals surface area (Å²) in [5, 5.41) is 12.4. The highest BCUT2D eigenvalue weighted by atomic mass is 19.4. The molecule has 2 unspecified atom stereocenters. The van der Waals surface area contributed by atoms with Crippen molar-refractivity contribution in [3.05, 3.63) is 24.3 Å². The van der Waals surface area contributed by atoms with Gasteiger partial charge in [0.1, 0.15) is 5.75 Å². The van der Waals surface area contributed by atoms with Gasteiger partial charge in [-0.25, -0.2) is 0 Å². The third-order valence-electron chi connectivity index (χ3n) is 3.95. The van der Waals surface area contributed by atoms with Crippen molar-refractivity contribution in [1.29, 1.82) is 0 Å². The molecule has 2 N–H and O–H groups in total. The van der Waals surface area contributed by atoms with Crippen molar-refractivity contribution in [2.75, 3.05) is 25.5 Å². The molecule has 2 atom stereocenters. The van der Waals surface area contributed by atoms with Gasteiger partial charge in [-0.3, -0.25) is 9.69 Å². The quantitative estimate of drug-likeness (QED) is 0.831. The molecule has 1 aliphatic carbocycles. The number of aliphatic hydroxyl groups excluding tert-OH is 1. The molecule has 0 heterocycles. The molecular weight excluding hydrogens is 325 g/mol. The van der Waals surface area contributed by atoms with Crippen LogP contribution in [-0.2, 0) is 4.79 Å². The number of alkyl halides is 3. The highest BCUT2D eigenvalue weighted by Crippen LogP contribution is 2.26. The van der Waals surface area contributed by atoms with Crippen LogP contribution in [0, 0.1) is 5.92 Å². The van der Waals surface area contributed by atoms with Crippen molar-refractivity contribution in [1.82, 2.24) is 4.90 Å². The summed E-state index contributed by atoms with van der Waals surface area (Å²) in [5.74, 6) is -0.427. The van der Waals surface area contributed by atoms with E-state index in [4.69, 9.17) is 0 Å². The summed E-state index contributed by atoms with van der Waals surface area (Å²) in [7, 11) is 1.80. The SMILES string of the molecule is CN(CC(=O)Nc1ccc(OC(F)(F)F)cc1)CC1CCCC1O. The zero-order valence-electron chi connectivity index (χ0n) is 13.3. The number of benzene rings is 1. The Morgan fingerprint density at radius 1 is 1.33 bits per heavy atom. The Bertz CT molecular complexity index is 548. The van der Waals surface area contributed by atoms with Crippen LogP contribution >= 0.6 is 0 Å². The molecule has 8 heteroatoms. The van der Waals surface area contributed by atoms with Crippen molar-refractivity contribution >= 4 is 11.6 Å². The molecule has 0 aliphatic heterocycles. The lowest BCUT2D eigenvalue weighted by molar-refractivity contribution is -0.274. The third kappa shape index (κ3) is 6.01. The molecule has 0 spiro atoms. The number of halogens is 3. The predicted molar refractivity (Wildman–Crippen MR) is 82.6 cm³/mol. The van der Waals surface area contributed by atoms with E-state index in [-0.39, 0.29) is 30.2 Å². The number of anilines is 1. The van der Waals surface area contributed by atoms with Gasteiger partial charge in [0.05, 0.1) is 12.6 Å². The Kier molecular flexibility index (Phi) is 6.06. The first-order valence-electron chi connectivity index (χ1n) is 7.75. The van der Waals surface area contributed by atoms with Gasteiger partial charge in [0.15, 0.2) is 0 Å². The summed E-state index contributed by atoms with van der Waals surface area (Å²) in [6.45, 7) is 0.775. The van der Waals surface area contributed by atoms with Crippen molar-refractivity contribution in [2.24, 2.45) is 5.92 Å². The number of hydrogen-bond acceptors (Lipinski definition) is 4. The lowest BCUT2D eigenvalue weighted by atomic mass is 10.1. The van der Waals surface area contributed by atoms with Crippen LogP contribution in [-0.4, -0.2) is 48.5 Å². The van der Waals surface area contributed by atoms with Gasteiger partial charge in [0.2, 0.25) is 5.91 Å². The van der Waals surface area contributed by atoms with E-state index in [2.05, 4.69) is 10.1 Å². The number of carbonyl (C=O) groups is 1. The monoisotopic (exact) mass is 346 g/mol. The number of aliphatic hydroxyl groups is 1. The summed E-state index contributed by atoms with van der Waals surface area (Å²) >= 11 is 0. The molecule has 1 aromatic carbocycles. The summed E-state index contributed by atoms with van der Waals surface area (Å²) in [4.78, 5) is 13.8. The molecule has 2 rings (SSSR count).